The standard InChI is InChI=1S/C25H22N4O4S/c1-32-21-14-8-9-17(23(21)33-2)15-26-28-22(30)16-34-25-27-20-13-7-6-12-19(20)24(31)29(25)18-10-4-3-5-11-18/h3-15H,16H2,1-2H3,(H,28,30). The molecule has 0 radical (unpaired) electrons. The molecule has 4 rings (SSSR count). The van der Waals surface area contributed by atoms with Crippen LogP contribution in [0.5, 0.6) is 11.5 Å². The summed E-state index contributed by atoms with van der Waals surface area (Å²) < 4.78 is 12.1. The monoisotopic (exact) mass is 474 g/mol. The van der Waals surface area contributed by atoms with Gasteiger partial charge in [-0.2, -0.15) is 5.10 Å². The fourth-order valence-corrected chi connectivity index (χ4v) is 4.17. The molecular formula is C25H22N4O4S. The molecule has 172 valence electrons. The lowest BCUT2D eigenvalue weighted by Gasteiger charge is -2.12. The molecule has 9 heteroatoms. The first-order chi connectivity index (χ1) is 16.6. The van der Waals surface area contributed by atoms with Crippen molar-refractivity contribution in [3.8, 4) is 17.2 Å². The zero-order chi connectivity index (χ0) is 23.9. The molecule has 1 amide bonds. The Balaban J connectivity index is 1.53. The zero-order valence-electron chi connectivity index (χ0n) is 18.6. The average Bonchev–Trinajstić information content (AvgIpc) is 2.87. The Bertz CT molecular complexity index is 1400. The minimum atomic E-state index is -0.342. The van der Waals surface area contributed by atoms with E-state index < -0.39 is 0 Å². The second-order valence-electron chi connectivity index (χ2n) is 7.05. The number of para-hydroxylation sites is 3. The van der Waals surface area contributed by atoms with Crippen LogP contribution in [0.3, 0.4) is 0 Å². The van der Waals surface area contributed by atoms with Gasteiger partial charge in [0, 0.05) is 5.56 Å². The maximum atomic E-state index is 13.2. The first kappa shape index (κ1) is 23.1. The quantitative estimate of drug-likeness (QED) is 0.181. The number of hydrogen-bond acceptors (Lipinski definition) is 7. The van der Waals surface area contributed by atoms with E-state index in [1.54, 1.807) is 43.5 Å². The Morgan fingerprint density at radius 1 is 1.03 bits per heavy atom. The lowest BCUT2D eigenvalue weighted by atomic mass is 10.2. The molecule has 0 aliphatic heterocycles. The molecule has 1 aromatic heterocycles. The lowest BCUT2D eigenvalue weighted by Crippen LogP contribution is -2.24. The highest BCUT2D eigenvalue weighted by molar-refractivity contribution is 7.99. The average molecular weight is 475 g/mol. The molecule has 0 aliphatic carbocycles. The zero-order valence-corrected chi connectivity index (χ0v) is 19.4. The van der Waals surface area contributed by atoms with Gasteiger partial charge in [0.2, 0.25) is 0 Å². The van der Waals surface area contributed by atoms with Gasteiger partial charge >= 0.3 is 0 Å². The minimum absolute atomic E-state index is 0.0181. The fourth-order valence-electron chi connectivity index (χ4n) is 3.36. The van der Waals surface area contributed by atoms with Gasteiger partial charge in [0.25, 0.3) is 11.5 Å². The summed E-state index contributed by atoms with van der Waals surface area (Å²) in [5.74, 6) is 0.758. The molecule has 1 N–H and O–H groups in total. The van der Waals surface area contributed by atoms with E-state index in [0.29, 0.717) is 38.8 Å². The number of nitrogens with one attached hydrogen (secondary N) is 1. The molecule has 0 saturated carbocycles. The van der Waals surface area contributed by atoms with Gasteiger partial charge in [-0.15, -0.1) is 0 Å². The molecule has 0 fully saturated rings. The van der Waals surface area contributed by atoms with Crippen LogP contribution in [0.4, 0.5) is 0 Å². The molecule has 0 aliphatic rings. The van der Waals surface area contributed by atoms with Gasteiger partial charge in [-0.1, -0.05) is 48.2 Å². The molecule has 8 nitrogen and oxygen atoms in total. The number of amides is 1. The third-order valence-electron chi connectivity index (χ3n) is 4.92. The molecule has 0 atom stereocenters. The maximum Gasteiger partial charge on any atom is 0.266 e. The van der Waals surface area contributed by atoms with Crippen LogP contribution in [0.2, 0.25) is 0 Å². The van der Waals surface area contributed by atoms with Crippen LogP contribution in [0, 0.1) is 0 Å². The molecule has 0 bridgehead atoms. The number of hydrogen-bond donors (Lipinski definition) is 1. The summed E-state index contributed by atoms with van der Waals surface area (Å²) in [6.45, 7) is 0. The summed E-state index contributed by atoms with van der Waals surface area (Å²) in [6, 6.07) is 21.7. The Hall–Kier alpha value is -4.11. The molecular weight excluding hydrogens is 452 g/mol. The van der Waals surface area contributed by atoms with E-state index in [-0.39, 0.29) is 17.2 Å². The van der Waals surface area contributed by atoms with E-state index in [0.717, 1.165) is 11.8 Å². The van der Waals surface area contributed by atoms with Gasteiger partial charge in [-0.05, 0) is 36.4 Å². The summed E-state index contributed by atoms with van der Waals surface area (Å²) >= 11 is 1.16. The van der Waals surface area contributed by atoms with Gasteiger partial charge in [0.05, 0.1) is 42.8 Å². The van der Waals surface area contributed by atoms with Crippen LogP contribution >= 0.6 is 11.8 Å². The third-order valence-corrected chi connectivity index (χ3v) is 5.86. The van der Waals surface area contributed by atoms with Crippen molar-refractivity contribution in [3.05, 3.63) is 88.7 Å². The smallest absolute Gasteiger partial charge is 0.266 e. The van der Waals surface area contributed by atoms with Crippen molar-refractivity contribution in [1.29, 1.82) is 0 Å². The SMILES string of the molecule is COc1cccc(C=NNC(=O)CSc2nc3ccccc3c(=O)n2-c2ccccc2)c1OC. The molecule has 3 aromatic carbocycles. The Morgan fingerprint density at radius 2 is 1.79 bits per heavy atom. The largest absolute Gasteiger partial charge is 0.493 e. The number of hydrazone groups is 1. The van der Waals surface area contributed by atoms with Gasteiger partial charge in [-0.25, -0.2) is 10.4 Å². The van der Waals surface area contributed by atoms with Crippen LogP contribution in [-0.2, 0) is 4.79 Å². The van der Waals surface area contributed by atoms with Gasteiger partial charge in [0.1, 0.15) is 0 Å². The first-order valence-corrected chi connectivity index (χ1v) is 11.3. The van der Waals surface area contributed by atoms with Crippen molar-refractivity contribution in [1.82, 2.24) is 15.0 Å². The van der Waals surface area contributed by atoms with E-state index in [4.69, 9.17) is 9.47 Å². The normalized spacial score (nSPS) is 11.0. The Labute approximate surface area is 200 Å². The summed E-state index contributed by atoms with van der Waals surface area (Å²) in [5.41, 5.74) is 4.22. The van der Waals surface area contributed by atoms with Crippen molar-refractivity contribution in [3.63, 3.8) is 0 Å². The van der Waals surface area contributed by atoms with Crippen molar-refractivity contribution < 1.29 is 14.3 Å². The van der Waals surface area contributed by atoms with E-state index >= 15 is 0 Å². The fraction of sp³-hybridized carbons (Fsp3) is 0.120. The van der Waals surface area contributed by atoms with Gasteiger partial charge in [0.15, 0.2) is 16.7 Å². The van der Waals surface area contributed by atoms with Crippen LogP contribution in [0.1, 0.15) is 5.56 Å². The number of carbonyl (C=O) groups is 1. The van der Waals surface area contributed by atoms with Crippen molar-refractivity contribution in [2.45, 2.75) is 5.16 Å². The second-order valence-corrected chi connectivity index (χ2v) is 7.99. The molecule has 0 unspecified atom stereocenters. The number of methoxy groups -OCH3 is 2. The molecule has 34 heavy (non-hydrogen) atoms. The predicted molar refractivity (Wildman–Crippen MR) is 133 cm³/mol. The van der Waals surface area contributed by atoms with Crippen LogP contribution in [0.25, 0.3) is 16.6 Å². The summed E-state index contributed by atoms with van der Waals surface area (Å²) in [4.78, 5) is 30.3. The van der Waals surface area contributed by atoms with Crippen LogP contribution < -0.4 is 20.5 Å². The third kappa shape index (κ3) is 4.94. The lowest BCUT2D eigenvalue weighted by molar-refractivity contribution is -0.118. The molecule has 4 aromatic rings. The van der Waals surface area contributed by atoms with E-state index in [1.165, 1.54) is 17.9 Å². The summed E-state index contributed by atoms with van der Waals surface area (Å²) in [5, 5.41) is 4.95. The predicted octanol–water partition coefficient (Wildman–Crippen LogP) is 3.65. The van der Waals surface area contributed by atoms with Gasteiger partial charge in [-0.3, -0.25) is 14.2 Å². The number of benzene rings is 3. The Morgan fingerprint density at radius 3 is 2.56 bits per heavy atom. The van der Waals surface area contributed by atoms with E-state index in [2.05, 4.69) is 15.5 Å². The van der Waals surface area contributed by atoms with Gasteiger partial charge < -0.3 is 9.47 Å². The van der Waals surface area contributed by atoms with E-state index in [1.807, 2.05) is 36.4 Å². The highest BCUT2D eigenvalue weighted by Gasteiger charge is 2.14. The number of aromatic nitrogens is 2. The Kier molecular flexibility index (Phi) is 7.24. The number of rotatable bonds is 8. The highest BCUT2D eigenvalue weighted by atomic mass is 32.2. The van der Waals surface area contributed by atoms with Crippen molar-refractivity contribution >= 4 is 34.8 Å². The topological polar surface area (TPSA) is 94.8 Å². The number of ether oxygens (including phenoxy) is 2. The maximum absolute atomic E-state index is 13.2. The van der Waals surface area contributed by atoms with Crippen LogP contribution in [0.15, 0.2) is 87.8 Å². The summed E-state index contributed by atoms with van der Waals surface area (Å²) in [7, 11) is 3.08. The van der Waals surface area contributed by atoms with Crippen molar-refractivity contribution in [2.24, 2.45) is 5.10 Å². The first-order valence-electron chi connectivity index (χ1n) is 10.3. The van der Waals surface area contributed by atoms with E-state index in [9.17, 15) is 9.59 Å². The molecule has 0 spiro atoms. The molecule has 0 saturated heterocycles. The molecule has 1 heterocycles. The number of nitrogens with zero attached hydrogens (tertiary/aromatic N) is 3. The highest BCUT2D eigenvalue weighted by Crippen LogP contribution is 2.29. The summed E-state index contributed by atoms with van der Waals surface area (Å²) in [6.07, 6.45) is 1.48. The second kappa shape index (κ2) is 10.7. The van der Waals surface area contributed by atoms with Crippen LogP contribution in [-0.4, -0.2) is 41.6 Å². The number of thioether (sulfide) groups is 1. The van der Waals surface area contributed by atoms with Crippen molar-refractivity contribution in [2.75, 3.05) is 20.0 Å². The number of fused-ring (bicyclic) bond motifs is 1. The minimum Gasteiger partial charge on any atom is -0.493 e. The number of carbonyl (C=O) groups excluding carboxylic acids is 1.